The van der Waals surface area contributed by atoms with E-state index in [1.807, 2.05) is 30.5 Å². The minimum atomic E-state index is -0.383. The van der Waals surface area contributed by atoms with Gasteiger partial charge in [-0.05, 0) is 19.1 Å². The lowest BCUT2D eigenvalue weighted by Gasteiger charge is -2.15. The molecule has 0 unspecified atom stereocenters. The van der Waals surface area contributed by atoms with Crippen LogP contribution >= 0.6 is 11.3 Å². The van der Waals surface area contributed by atoms with Crippen LogP contribution in [0.3, 0.4) is 0 Å². The molecule has 0 fully saturated rings. The second kappa shape index (κ2) is 5.64. The van der Waals surface area contributed by atoms with Crippen molar-refractivity contribution in [2.75, 3.05) is 7.05 Å². The van der Waals surface area contributed by atoms with Crippen LogP contribution in [-0.2, 0) is 6.54 Å². The summed E-state index contributed by atoms with van der Waals surface area (Å²) in [5.41, 5.74) is 0.880. The molecule has 0 bridgehead atoms. The second-order valence-corrected chi connectivity index (χ2v) is 4.96. The highest BCUT2D eigenvalue weighted by Crippen LogP contribution is 2.12. The molecule has 0 N–H and O–H groups in total. The fourth-order valence-electron chi connectivity index (χ4n) is 1.46. The van der Waals surface area contributed by atoms with Crippen molar-refractivity contribution in [2.45, 2.75) is 13.5 Å². The number of rotatable bonds is 3. The van der Waals surface area contributed by atoms with Crippen LogP contribution in [0.2, 0.25) is 0 Å². The Balaban J connectivity index is 1.93. The first-order valence-electron chi connectivity index (χ1n) is 5.54. The molecule has 2 rings (SSSR count). The van der Waals surface area contributed by atoms with Gasteiger partial charge in [0.1, 0.15) is 5.75 Å². The number of carbonyl (C=O) groups excluding carboxylic acids is 1. The number of hydrogen-bond donors (Lipinski definition) is 0. The average molecular weight is 262 g/mol. The summed E-state index contributed by atoms with van der Waals surface area (Å²) < 4.78 is 5.22. The Morgan fingerprint density at radius 1 is 1.39 bits per heavy atom. The van der Waals surface area contributed by atoms with E-state index in [0.717, 1.165) is 10.7 Å². The predicted octanol–water partition coefficient (Wildman–Crippen LogP) is 3.08. The maximum absolute atomic E-state index is 11.8. The van der Waals surface area contributed by atoms with Crippen LogP contribution in [0.25, 0.3) is 0 Å². The molecule has 0 radical (unpaired) electrons. The third kappa shape index (κ3) is 3.30. The van der Waals surface area contributed by atoms with Crippen LogP contribution in [0, 0.1) is 6.92 Å². The summed E-state index contributed by atoms with van der Waals surface area (Å²) >= 11 is 1.57. The molecule has 5 heteroatoms. The number of carbonyl (C=O) groups is 1. The molecular weight excluding hydrogens is 248 g/mol. The van der Waals surface area contributed by atoms with Gasteiger partial charge in [0.15, 0.2) is 0 Å². The highest BCUT2D eigenvalue weighted by molar-refractivity contribution is 7.09. The zero-order valence-corrected chi connectivity index (χ0v) is 11.1. The van der Waals surface area contributed by atoms with Crippen LogP contribution in [0.15, 0.2) is 35.7 Å². The third-order valence-corrected chi connectivity index (χ3v) is 3.15. The molecule has 0 aliphatic heterocycles. The van der Waals surface area contributed by atoms with Crippen molar-refractivity contribution in [3.8, 4) is 5.75 Å². The number of amides is 1. The van der Waals surface area contributed by atoms with Crippen molar-refractivity contribution in [1.29, 1.82) is 0 Å². The molecule has 1 aromatic carbocycles. The minimum Gasteiger partial charge on any atom is -0.410 e. The van der Waals surface area contributed by atoms with Crippen molar-refractivity contribution in [3.63, 3.8) is 0 Å². The Kier molecular flexibility index (Phi) is 3.94. The fourth-order valence-corrected chi connectivity index (χ4v) is 2.06. The first-order valence-corrected chi connectivity index (χ1v) is 6.42. The normalized spacial score (nSPS) is 10.1. The molecule has 18 heavy (non-hydrogen) atoms. The van der Waals surface area contributed by atoms with E-state index in [4.69, 9.17) is 4.74 Å². The summed E-state index contributed by atoms with van der Waals surface area (Å²) in [7, 11) is 1.69. The number of ether oxygens (including phenoxy) is 1. The smallest absolute Gasteiger partial charge is 0.410 e. The number of aryl methyl sites for hydroxylation is 1. The summed E-state index contributed by atoms with van der Waals surface area (Å²) in [5.74, 6) is 0.545. The third-order valence-electron chi connectivity index (χ3n) is 2.33. The molecular formula is C13H14N2O2S. The van der Waals surface area contributed by atoms with Crippen LogP contribution in [0.1, 0.15) is 10.7 Å². The van der Waals surface area contributed by atoms with Gasteiger partial charge in [0.2, 0.25) is 0 Å². The lowest BCUT2D eigenvalue weighted by atomic mass is 10.3. The lowest BCUT2D eigenvalue weighted by Crippen LogP contribution is -2.29. The van der Waals surface area contributed by atoms with E-state index in [1.54, 1.807) is 30.5 Å². The zero-order chi connectivity index (χ0) is 13.0. The van der Waals surface area contributed by atoms with E-state index >= 15 is 0 Å². The molecule has 4 nitrogen and oxygen atoms in total. The van der Waals surface area contributed by atoms with Gasteiger partial charge in [-0.25, -0.2) is 9.78 Å². The number of para-hydroxylation sites is 1. The Bertz CT molecular complexity index is 525. The van der Waals surface area contributed by atoms with Gasteiger partial charge in [-0.15, -0.1) is 11.3 Å². The maximum atomic E-state index is 11.8. The van der Waals surface area contributed by atoms with Gasteiger partial charge in [0, 0.05) is 12.4 Å². The van der Waals surface area contributed by atoms with Crippen LogP contribution in [0.5, 0.6) is 5.75 Å². The number of nitrogens with zero attached hydrogens (tertiary/aromatic N) is 2. The van der Waals surface area contributed by atoms with E-state index < -0.39 is 0 Å². The Morgan fingerprint density at radius 2 is 2.11 bits per heavy atom. The van der Waals surface area contributed by atoms with E-state index in [9.17, 15) is 4.79 Å². The largest absolute Gasteiger partial charge is 0.415 e. The molecule has 94 valence electrons. The van der Waals surface area contributed by atoms with Crippen LogP contribution in [-0.4, -0.2) is 23.0 Å². The number of benzene rings is 1. The highest BCUT2D eigenvalue weighted by atomic mass is 32.1. The SMILES string of the molecule is Cc1nc(CN(C)C(=O)Oc2ccccc2)cs1. The quantitative estimate of drug-likeness (QED) is 0.853. The molecule has 1 heterocycles. The van der Waals surface area contributed by atoms with E-state index in [-0.39, 0.29) is 6.09 Å². The van der Waals surface area contributed by atoms with Gasteiger partial charge in [-0.1, -0.05) is 18.2 Å². The Hall–Kier alpha value is -1.88. The molecule has 0 atom stereocenters. The van der Waals surface area contributed by atoms with Gasteiger partial charge < -0.3 is 9.64 Å². The van der Waals surface area contributed by atoms with Crippen molar-refractivity contribution >= 4 is 17.4 Å². The van der Waals surface area contributed by atoms with Crippen molar-refractivity contribution in [2.24, 2.45) is 0 Å². The molecule has 1 amide bonds. The van der Waals surface area contributed by atoms with E-state index in [1.165, 1.54) is 4.90 Å². The molecule has 1 aromatic heterocycles. The molecule has 2 aromatic rings. The summed E-state index contributed by atoms with van der Waals surface area (Å²) in [6, 6.07) is 9.02. The number of thiazole rings is 1. The zero-order valence-electron chi connectivity index (χ0n) is 10.3. The Labute approximate surface area is 110 Å². The molecule has 0 spiro atoms. The number of hydrogen-bond acceptors (Lipinski definition) is 4. The second-order valence-electron chi connectivity index (χ2n) is 3.89. The molecule has 0 aliphatic carbocycles. The predicted molar refractivity (Wildman–Crippen MR) is 70.8 cm³/mol. The Morgan fingerprint density at radius 3 is 2.72 bits per heavy atom. The number of aromatic nitrogens is 1. The standard InChI is InChI=1S/C13H14N2O2S/c1-10-14-11(9-18-10)8-15(2)13(16)17-12-6-4-3-5-7-12/h3-7,9H,8H2,1-2H3. The van der Waals surface area contributed by atoms with Gasteiger partial charge in [-0.2, -0.15) is 0 Å². The van der Waals surface area contributed by atoms with Crippen molar-refractivity contribution < 1.29 is 9.53 Å². The maximum Gasteiger partial charge on any atom is 0.415 e. The van der Waals surface area contributed by atoms with Gasteiger partial charge in [0.25, 0.3) is 0 Å². The first-order chi connectivity index (χ1) is 8.65. The molecule has 0 aliphatic rings. The summed E-state index contributed by atoms with van der Waals surface area (Å²) in [6.07, 6.45) is -0.383. The lowest BCUT2D eigenvalue weighted by molar-refractivity contribution is 0.160. The highest BCUT2D eigenvalue weighted by Gasteiger charge is 2.12. The first kappa shape index (κ1) is 12.6. The average Bonchev–Trinajstić information content (AvgIpc) is 2.76. The van der Waals surface area contributed by atoms with Gasteiger partial charge >= 0.3 is 6.09 Å². The van der Waals surface area contributed by atoms with Crippen molar-refractivity contribution in [3.05, 3.63) is 46.4 Å². The molecule has 0 saturated carbocycles. The van der Waals surface area contributed by atoms with Gasteiger partial charge in [0.05, 0.1) is 17.2 Å². The minimum absolute atomic E-state index is 0.383. The summed E-state index contributed by atoms with van der Waals surface area (Å²) in [4.78, 5) is 17.6. The van der Waals surface area contributed by atoms with Gasteiger partial charge in [-0.3, -0.25) is 0 Å². The topological polar surface area (TPSA) is 42.4 Å². The monoisotopic (exact) mass is 262 g/mol. The van der Waals surface area contributed by atoms with Crippen molar-refractivity contribution in [1.82, 2.24) is 9.88 Å². The van der Waals surface area contributed by atoms with E-state index in [2.05, 4.69) is 4.98 Å². The van der Waals surface area contributed by atoms with E-state index in [0.29, 0.717) is 12.3 Å². The fraction of sp³-hybridized carbons (Fsp3) is 0.231. The summed E-state index contributed by atoms with van der Waals surface area (Å²) in [5, 5.41) is 2.94. The molecule has 0 saturated heterocycles. The van der Waals surface area contributed by atoms with Crippen LogP contribution < -0.4 is 4.74 Å². The summed E-state index contributed by atoms with van der Waals surface area (Å²) in [6.45, 7) is 2.40. The van der Waals surface area contributed by atoms with Crippen LogP contribution in [0.4, 0.5) is 4.79 Å².